The molecule has 1 aromatic heterocycles. The van der Waals surface area contributed by atoms with E-state index in [-0.39, 0.29) is 5.84 Å². The molecule has 0 aliphatic carbocycles. The van der Waals surface area contributed by atoms with Gasteiger partial charge in [0.15, 0.2) is 5.84 Å². The van der Waals surface area contributed by atoms with Gasteiger partial charge in [-0.2, -0.15) is 0 Å². The van der Waals surface area contributed by atoms with Gasteiger partial charge in [-0.1, -0.05) is 5.16 Å². The Labute approximate surface area is 64.9 Å². The fraction of sp³-hybridized carbons (Fsp3) is 0.286. The second-order valence-corrected chi connectivity index (χ2v) is 2.22. The van der Waals surface area contributed by atoms with Gasteiger partial charge in [-0.15, -0.1) is 0 Å². The maximum absolute atomic E-state index is 8.32. The average Bonchev–Trinajstić information content (AvgIpc) is 2.50. The molecule has 1 aromatic rings. The summed E-state index contributed by atoms with van der Waals surface area (Å²) in [5, 5.41) is 11.2. The van der Waals surface area contributed by atoms with Gasteiger partial charge in [-0.05, 0) is 13.0 Å². The lowest BCUT2D eigenvalue weighted by atomic mass is 10.3. The minimum absolute atomic E-state index is 0.150. The molecule has 11 heavy (non-hydrogen) atoms. The molecule has 0 aromatic carbocycles. The predicted octanol–water partition coefficient (Wildman–Crippen LogP) is 0.603. The van der Waals surface area contributed by atoms with Crippen LogP contribution in [0.2, 0.25) is 0 Å². The first-order chi connectivity index (χ1) is 5.27. The number of aryl methyl sites for hydroxylation is 1. The fourth-order valence-electron chi connectivity index (χ4n) is 0.847. The molecule has 0 aliphatic heterocycles. The van der Waals surface area contributed by atoms with Crippen molar-refractivity contribution in [3.63, 3.8) is 0 Å². The molecule has 0 aliphatic rings. The molecule has 4 nitrogen and oxygen atoms in total. The van der Waals surface area contributed by atoms with Gasteiger partial charge in [-0.25, -0.2) is 0 Å². The van der Waals surface area contributed by atoms with Gasteiger partial charge >= 0.3 is 0 Å². The van der Waals surface area contributed by atoms with E-state index in [9.17, 15) is 0 Å². The molecular weight excluding hydrogens is 142 g/mol. The number of nitrogens with zero attached hydrogens (tertiary/aromatic N) is 2. The number of oxime groups is 1. The molecule has 3 N–H and O–H groups in total. The standard InChI is InChI=1S/C7H11N3O/c1-2-10-4-3-6(5-10)7(8)9-11/h3-5,11H,2H2,1H3,(H2,8,9). The molecule has 0 unspecified atom stereocenters. The molecule has 0 saturated heterocycles. The van der Waals surface area contributed by atoms with Gasteiger partial charge in [-0.3, -0.25) is 0 Å². The quantitative estimate of drug-likeness (QED) is 0.283. The maximum Gasteiger partial charge on any atom is 0.171 e. The molecule has 4 heteroatoms. The van der Waals surface area contributed by atoms with Crippen LogP contribution in [-0.2, 0) is 6.54 Å². The van der Waals surface area contributed by atoms with Crippen LogP contribution in [0.1, 0.15) is 12.5 Å². The smallest absolute Gasteiger partial charge is 0.171 e. The SMILES string of the molecule is CCn1ccc(/C(N)=N/O)c1. The predicted molar refractivity (Wildman–Crippen MR) is 42.6 cm³/mol. The van der Waals surface area contributed by atoms with Crippen molar-refractivity contribution in [3.8, 4) is 0 Å². The van der Waals surface area contributed by atoms with E-state index in [1.807, 2.05) is 23.9 Å². The van der Waals surface area contributed by atoms with E-state index in [0.717, 1.165) is 12.1 Å². The van der Waals surface area contributed by atoms with E-state index in [1.54, 1.807) is 6.07 Å². The van der Waals surface area contributed by atoms with E-state index in [4.69, 9.17) is 10.9 Å². The first-order valence-corrected chi connectivity index (χ1v) is 3.41. The zero-order valence-corrected chi connectivity index (χ0v) is 6.36. The number of hydrogen-bond donors (Lipinski definition) is 2. The highest BCUT2D eigenvalue weighted by Crippen LogP contribution is 1.99. The van der Waals surface area contributed by atoms with Crippen LogP contribution in [-0.4, -0.2) is 15.6 Å². The van der Waals surface area contributed by atoms with Gasteiger partial charge in [0, 0.05) is 24.5 Å². The van der Waals surface area contributed by atoms with Crippen molar-refractivity contribution in [1.29, 1.82) is 0 Å². The zero-order valence-electron chi connectivity index (χ0n) is 6.36. The van der Waals surface area contributed by atoms with Crippen LogP contribution >= 0.6 is 0 Å². The Morgan fingerprint density at radius 3 is 3.00 bits per heavy atom. The summed E-state index contributed by atoms with van der Waals surface area (Å²) in [7, 11) is 0. The Morgan fingerprint density at radius 1 is 1.82 bits per heavy atom. The molecule has 0 spiro atoms. The summed E-state index contributed by atoms with van der Waals surface area (Å²) in [6.07, 6.45) is 3.71. The van der Waals surface area contributed by atoms with Crippen LogP contribution in [0, 0.1) is 0 Å². The molecule has 0 atom stereocenters. The normalized spacial score (nSPS) is 11.9. The maximum atomic E-state index is 8.32. The number of hydrogen-bond acceptors (Lipinski definition) is 2. The lowest BCUT2D eigenvalue weighted by Gasteiger charge is -1.93. The van der Waals surface area contributed by atoms with Crippen molar-refractivity contribution in [1.82, 2.24) is 4.57 Å². The van der Waals surface area contributed by atoms with Crippen molar-refractivity contribution in [3.05, 3.63) is 24.0 Å². The van der Waals surface area contributed by atoms with Crippen molar-refractivity contribution >= 4 is 5.84 Å². The summed E-state index contributed by atoms with van der Waals surface area (Å²) >= 11 is 0. The average molecular weight is 153 g/mol. The van der Waals surface area contributed by atoms with Crippen molar-refractivity contribution < 1.29 is 5.21 Å². The summed E-state index contributed by atoms with van der Waals surface area (Å²) < 4.78 is 1.95. The van der Waals surface area contributed by atoms with Crippen molar-refractivity contribution in [2.45, 2.75) is 13.5 Å². The van der Waals surface area contributed by atoms with Gasteiger partial charge in [0.1, 0.15) is 0 Å². The van der Waals surface area contributed by atoms with E-state index in [2.05, 4.69) is 5.16 Å². The minimum Gasteiger partial charge on any atom is -0.409 e. The minimum atomic E-state index is 0.150. The van der Waals surface area contributed by atoms with E-state index in [0.29, 0.717) is 0 Å². The topological polar surface area (TPSA) is 63.5 Å². The molecular formula is C7H11N3O. The van der Waals surface area contributed by atoms with Crippen LogP contribution in [0.5, 0.6) is 0 Å². The van der Waals surface area contributed by atoms with Crippen LogP contribution in [0.3, 0.4) is 0 Å². The van der Waals surface area contributed by atoms with Gasteiger partial charge in [0.25, 0.3) is 0 Å². The van der Waals surface area contributed by atoms with Gasteiger partial charge in [0.05, 0.1) is 0 Å². The first-order valence-electron chi connectivity index (χ1n) is 3.41. The molecule has 1 rings (SSSR count). The molecule has 1 heterocycles. The fourth-order valence-corrected chi connectivity index (χ4v) is 0.847. The molecule has 0 bridgehead atoms. The van der Waals surface area contributed by atoms with E-state index < -0.39 is 0 Å². The second-order valence-electron chi connectivity index (χ2n) is 2.22. The van der Waals surface area contributed by atoms with Crippen LogP contribution in [0.25, 0.3) is 0 Å². The number of rotatable bonds is 2. The van der Waals surface area contributed by atoms with Gasteiger partial charge < -0.3 is 15.5 Å². The van der Waals surface area contributed by atoms with Crippen molar-refractivity contribution in [2.75, 3.05) is 0 Å². The number of nitrogens with two attached hydrogens (primary N) is 1. The monoisotopic (exact) mass is 153 g/mol. The Morgan fingerprint density at radius 2 is 2.55 bits per heavy atom. The highest BCUT2D eigenvalue weighted by molar-refractivity contribution is 5.96. The largest absolute Gasteiger partial charge is 0.409 e. The summed E-state index contributed by atoms with van der Waals surface area (Å²) in [4.78, 5) is 0. The third-order valence-corrected chi connectivity index (χ3v) is 1.52. The third kappa shape index (κ3) is 1.52. The molecule has 0 fully saturated rings. The lowest BCUT2D eigenvalue weighted by Crippen LogP contribution is -2.11. The Hall–Kier alpha value is -1.45. The summed E-state index contributed by atoms with van der Waals surface area (Å²) in [5.41, 5.74) is 6.09. The molecule has 60 valence electrons. The number of aromatic nitrogens is 1. The highest BCUT2D eigenvalue weighted by Gasteiger charge is 1.99. The van der Waals surface area contributed by atoms with Gasteiger partial charge in [0.2, 0.25) is 0 Å². The van der Waals surface area contributed by atoms with Crippen molar-refractivity contribution in [2.24, 2.45) is 10.9 Å². The highest BCUT2D eigenvalue weighted by atomic mass is 16.4. The first kappa shape index (κ1) is 7.65. The summed E-state index contributed by atoms with van der Waals surface area (Å²) in [6, 6.07) is 1.80. The molecule has 0 saturated carbocycles. The molecule has 0 radical (unpaired) electrons. The molecule has 0 amide bonds. The summed E-state index contributed by atoms with van der Waals surface area (Å²) in [5.74, 6) is 0.150. The summed E-state index contributed by atoms with van der Waals surface area (Å²) in [6.45, 7) is 2.91. The van der Waals surface area contributed by atoms with Crippen LogP contribution in [0.15, 0.2) is 23.6 Å². The zero-order chi connectivity index (χ0) is 8.27. The van der Waals surface area contributed by atoms with E-state index in [1.165, 1.54) is 0 Å². The number of amidine groups is 1. The van der Waals surface area contributed by atoms with Crippen LogP contribution in [0.4, 0.5) is 0 Å². The Kier molecular flexibility index (Phi) is 2.15. The lowest BCUT2D eigenvalue weighted by molar-refractivity contribution is 0.318. The third-order valence-electron chi connectivity index (χ3n) is 1.52. The Bertz CT molecular complexity index is 264. The van der Waals surface area contributed by atoms with Crippen LogP contribution < -0.4 is 5.73 Å². The Balaban J connectivity index is 2.89. The van der Waals surface area contributed by atoms with E-state index >= 15 is 0 Å². The second kappa shape index (κ2) is 3.09.